The van der Waals surface area contributed by atoms with Gasteiger partial charge in [0.15, 0.2) is 17.5 Å². The average Bonchev–Trinajstić information content (AvgIpc) is 3.25. The molecule has 1 aromatic carbocycles. The van der Waals surface area contributed by atoms with Crippen LogP contribution in [-0.2, 0) is 13.1 Å². The number of methoxy groups -OCH3 is 2. The number of nitrogens with one attached hydrogen (secondary N) is 1. The minimum atomic E-state index is 0. The van der Waals surface area contributed by atoms with Gasteiger partial charge in [0.2, 0.25) is 0 Å². The maximum Gasteiger partial charge on any atom is 0.189 e. The van der Waals surface area contributed by atoms with E-state index in [0.717, 1.165) is 16.9 Å². The lowest BCUT2D eigenvalue weighted by atomic mass is 10.2. The fraction of sp³-hybridized carbons (Fsp3) is 0.211. The Kier molecular flexibility index (Phi) is 8.05. The van der Waals surface area contributed by atoms with Crippen LogP contribution in [0.1, 0.15) is 11.1 Å². The molecule has 0 fully saturated rings. The molecule has 148 valence electrons. The van der Waals surface area contributed by atoms with Gasteiger partial charge in [-0.15, -0.1) is 24.0 Å². The Morgan fingerprint density at radius 1 is 1.14 bits per heavy atom. The maximum atomic E-state index is 5.95. The van der Waals surface area contributed by atoms with Gasteiger partial charge in [-0.25, -0.2) is 15.0 Å². The number of guanidine groups is 1. The van der Waals surface area contributed by atoms with E-state index in [9.17, 15) is 0 Å². The normalized spacial score (nSPS) is 10.9. The monoisotopic (exact) mass is 494 g/mol. The summed E-state index contributed by atoms with van der Waals surface area (Å²) < 4.78 is 12.4. The van der Waals surface area contributed by atoms with Crippen LogP contribution in [-0.4, -0.2) is 34.7 Å². The van der Waals surface area contributed by atoms with Crippen molar-refractivity contribution in [1.29, 1.82) is 0 Å². The molecule has 9 heteroatoms. The maximum absolute atomic E-state index is 5.95. The summed E-state index contributed by atoms with van der Waals surface area (Å²) >= 11 is 0. The third-order valence-corrected chi connectivity index (χ3v) is 3.93. The van der Waals surface area contributed by atoms with Gasteiger partial charge < -0.3 is 20.5 Å². The molecule has 0 aliphatic carbocycles. The molecule has 3 aromatic rings. The van der Waals surface area contributed by atoms with E-state index in [1.807, 2.05) is 41.1 Å². The van der Waals surface area contributed by atoms with E-state index < -0.39 is 0 Å². The zero-order chi connectivity index (χ0) is 19.1. The summed E-state index contributed by atoms with van der Waals surface area (Å²) in [6, 6.07) is 9.59. The van der Waals surface area contributed by atoms with E-state index >= 15 is 0 Å². The third-order valence-electron chi connectivity index (χ3n) is 3.93. The highest BCUT2D eigenvalue weighted by molar-refractivity contribution is 14.0. The van der Waals surface area contributed by atoms with Crippen LogP contribution in [0.25, 0.3) is 5.82 Å². The van der Waals surface area contributed by atoms with Crippen molar-refractivity contribution < 1.29 is 9.47 Å². The highest BCUT2D eigenvalue weighted by atomic mass is 127. The molecule has 2 heterocycles. The number of nitrogens with two attached hydrogens (primary N) is 1. The van der Waals surface area contributed by atoms with Crippen LogP contribution in [0.4, 0.5) is 0 Å². The number of rotatable bonds is 7. The van der Waals surface area contributed by atoms with Gasteiger partial charge in [-0.3, -0.25) is 4.57 Å². The molecule has 0 aliphatic heterocycles. The smallest absolute Gasteiger partial charge is 0.189 e. The van der Waals surface area contributed by atoms with Crippen LogP contribution in [0.3, 0.4) is 0 Å². The number of hydrogen-bond acceptors (Lipinski definition) is 5. The van der Waals surface area contributed by atoms with E-state index in [1.165, 1.54) is 0 Å². The van der Waals surface area contributed by atoms with Crippen molar-refractivity contribution in [2.24, 2.45) is 10.7 Å². The third kappa shape index (κ3) is 5.59. The molecule has 0 bridgehead atoms. The lowest BCUT2D eigenvalue weighted by Gasteiger charge is -2.10. The van der Waals surface area contributed by atoms with Gasteiger partial charge in [-0.05, 0) is 29.3 Å². The highest BCUT2D eigenvalue weighted by Crippen LogP contribution is 2.27. The number of ether oxygens (including phenoxy) is 2. The van der Waals surface area contributed by atoms with E-state index in [4.69, 9.17) is 15.2 Å². The molecule has 0 spiro atoms. The first kappa shape index (κ1) is 21.5. The predicted octanol–water partition coefficient (Wildman–Crippen LogP) is 2.51. The summed E-state index contributed by atoms with van der Waals surface area (Å²) in [6.45, 7) is 0.982. The fourth-order valence-electron chi connectivity index (χ4n) is 2.47. The van der Waals surface area contributed by atoms with Gasteiger partial charge in [0.25, 0.3) is 0 Å². The molecular formula is C19H23IN6O2. The van der Waals surface area contributed by atoms with Gasteiger partial charge in [-0.1, -0.05) is 12.1 Å². The number of pyridine rings is 1. The highest BCUT2D eigenvalue weighted by Gasteiger charge is 2.05. The quantitative estimate of drug-likeness (QED) is 0.298. The molecule has 0 radical (unpaired) electrons. The fourth-order valence-corrected chi connectivity index (χ4v) is 2.47. The second kappa shape index (κ2) is 10.5. The van der Waals surface area contributed by atoms with Crippen molar-refractivity contribution in [1.82, 2.24) is 19.9 Å². The lowest BCUT2D eigenvalue weighted by Crippen LogP contribution is -2.31. The van der Waals surface area contributed by atoms with Gasteiger partial charge in [0, 0.05) is 25.1 Å². The molecular weight excluding hydrogens is 471 g/mol. The summed E-state index contributed by atoms with van der Waals surface area (Å²) in [5, 5.41) is 3.09. The Balaban J connectivity index is 0.00000280. The van der Waals surface area contributed by atoms with Crippen LogP contribution in [0, 0.1) is 0 Å². The van der Waals surface area contributed by atoms with Gasteiger partial charge >= 0.3 is 0 Å². The molecule has 0 saturated carbocycles. The summed E-state index contributed by atoms with van der Waals surface area (Å²) in [5.41, 5.74) is 7.93. The van der Waals surface area contributed by atoms with Crippen molar-refractivity contribution in [2.45, 2.75) is 13.1 Å². The van der Waals surface area contributed by atoms with Crippen LogP contribution in [0.2, 0.25) is 0 Å². The molecule has 0 amide bonds. The molecule has 8 nitrogen and oxygen atoms in total. The molecule has 3 rings (SSSR count). The minimum Gasteiger partial charge on any atom is -0.493 e. The Labute approximate surface area is 180 Å². The lowest BCUT2D eigenvalue weighted by molar-refractivity contribution is 0.354. The van der Waals surface area contributed by atoms with Crippen molar-refractivity contribution in [3.05, 3.63) is 66.4 Å². The first-order valence-corrected chi connectivity index (χ1v) is 8.37. The summed E-state index contributed by atoms with van der Waals surface area (Å²) in [6.07, 6.45) is 7.04. The SMILES string of the molecule is COc1ccc(CNC(N)=NCc2ccc(-n3ccnc3)nc2)cc1OC.I. The first-order valence-electron chi connectivity index (χ1n) is 8.37. The zero-order valence-corrected chi connectivity index (χ0v) is 18.0. The van der Waals surface area contributed by atoms with Crippen LogP contribution < -0.4 is 20.5 Å². The Bertz CT molecular complexity index is 897. The number of aromatic nitrogens is 3. The molecule has 0 atom stereocenters. The molecule has 2 aromatic heterocycles. The zero-order valence-electron chi connectivity index (χ0n) is 15.7. The van der Waals surface area contributed by atoms with E-state index in [2.05, 4.69) is 20.3 Å². The summed E-state index contributed by atoms with van der Waals surface area (Å²) in [7, 11) is 3.22. The van der Waals surface area contributed by atoms with Crippen molar-refractivity contribution >= 4 is 29.9 Å². The van der Waals surface area contributed by atoms with Gasteiger partial charge in [-0.2, -0.15) is 0 Å². The number of benzene rings is 1. The van der Waals surface area contributed by atoms with E-state index in [0.29, 0.717) is 30.5 Å². The number of aliphatic imine (C=N–C) groups is 1. The molecule has 0 aliphatic rings. The second-order valence-corrected chi connectivity index (χ2v) is 5.74. The number of halogens is 1. The molecule has 28 heavy (non-hydrogen) atoms. The number of imidazole rings is 1. The van der Waals surface area contributed by atoms with Crippen LogP contribution >= 0.6 is 24.0 Å². The molecule has 0 saturated heterocycles. The van der Waals surface area contributed by atoms with Crippen LogP contribution in [0.5, 0.6) is 11.5 Å². The van der Waals surface area contributed by atoms with Crippen molar-refractivity contribution in [3.8, 4) is 17.3 Å². The van der Waals surface area contributed by atoms with Gasteiger partial charge in [0.1, 0.15) is 12.1 Å². The van der Waals surface area contributed by atoms with E-state index in [1.54, 1.807) is 32.9 Å². The Morgan fingerprint density at radius 3 is 2.57 bits per heavy atom. The van der Waals surface area contributed by atoms with Gasteiger partial charge in [0.05, 0.1) is 20.8 Å². The molecule has 0 unspecified atom stereocenters. The molecule has 3 N–H and O–H groups in total. The largest absolute Gasteiger partial charge is 0.493 e. The number of hydrogen-bond donors (Lipinski definition) is 2. The first-order chi connectivity index (χ1) is 13.2. The Hall–Kier alpha value is -2.82. The second-order valence-electron chi connectivity index (χ2n) is 5.74. The summed E-state index contributed by atoms with van der Waals surface area (Å²) in [4.78, 5) is 12.7. The van der Waals surface area contributed by atoms with Crippen molar-refractivity contribution in [2.75, 3.05) is 14.2 Å². The van der Waals surface area contributed by atoms with Crippen LogP contribution in [0.15, 0.2) is 60.2 Å². The topological polar surface area (TPSA) is 99.6 Å². The predicted molar refractivity (Wildman–Crippen MR) is 118 cm³/mol. The van der Waals surface area contributed by atoms with Crippen molar-refractivity contribution in [3.63, 3.8) is 0 Å². The standard InChI is InChI=1S/C19H22N6O2.HI/c1-26-16-5-3-14(9-17(16)27-2)10-23-19(20)24-12-15-4-6-18(22-11-15)25-8-7-21-13-25;/h3-9,11,13H,10,12H2,1-2H3,(H3,20,23,24);1H. The average molecular weight is 494 g/mol. The van der Waals surface area contributed by atoms with E-state index in [-0.39, 0.29) is 24.0 Å². The summed E-state index contributed by atoms with van der Waals surface area (Å²) in [5.74, 6) is 2.54. The number of nitrogens with zero attached hydrogens (tertiary/aromatic N) is 4. The Morgan fingerprint density at radius 2 is 1.93 bits per heavy atom. The minimum absolute atomic E-state index is 0.